The average molecular weight is 337 g/mol. The Hall–Kier alpha value is -2.77. The molecule has 0 unspecified atom stereocenters. The van der Waals surface area contributed by atoms with Crippen molar-refractivity contribution in [2.75, 3.05) is 7.11 Å². The van der Waals surface area contributed by atoms with Crippen molar-refractivity contribution in [1.82, 2.24) is 14.8 Å². The van der Waals surface area contributed by atoms with E-state index in [9.17, 15) is 18.3 Å². The van der Waals surface area contributed by atoms with Crippen molar-refractivity contribution >= 4 is 10.9 Å². The lowest BCUT2D eigenvalue weighted by molar-refractivity contribution is -0.141. The Kier molecular flexibility index (Phi) is 3.62. The smallest absolute Gasteiger partial charge is 0.435 e. The minimum Gasteiger partial charge on any atom is -0.507 e. The molecule has 0 saturated heterocycles. The molecule has 0 aliphatic heterocycles. The zero-order chi connectivity index (χ0) is 17.6. The van der Waals surface area contributed by atoms with Gasteiger partial charge in [-0.05, 0) is 25.1 Å². The maximum Gasteiger partial charge on any atom is 0.435 e. The molecule has 0 aliphatic rings. The Morgan fingerprint density at radius 2 is 1.92 bits per heavy atom. The third-order valence-electron chi connectivity index (χ3n) is 3.82. The largest absolute Gasteiger partial charge is 0.507 e. The number of hydrogen-bond donors (Lipinski definition) is 1. The summed E-state index contributed by atoms with van der Waals surface area (Å²) in [6, 6.07) is 5.58. The number of methoxy groups -OCH3 is 1. The van der Waals surface area contributed by atoms with Gasteiger partial charge in [0.2, 0.25) is 0 Å². The van der Waals surface area contributed by atoms with Crippen LogP contribution in [0.2, 0.25) is 0 Å². The van der Waals surface area contributed by atoms with Gasteiger partial charge >= 0.3 is 6.18 Å². The molecule has 0 atom stereocenters. The first kappa shape index (κ1) is 16.1. The Bertz CT molecular complexity index is 932. The van der Waals surface area contributed by atoms with Crippen LogP contribution in [0.4, 0.5) is 13.2 Å². The fourth-order valence-corrected chi connectivity index (χ4v) is 2.59. The number of pyridine rings is 1. The Morgan fingerprint density at radius 1 is 1.21 bits per heavy atom. The fraction of sp³-hybridized carbons (Fsp3) is 0.250. The molecule has 0 bridgehead atoms. The van der Waals surface area contributed by atoms with Gasteiger partial charge < -0.3 is 9.84 Å². The van der Waals surface area contributed by atoms with E-state index in [4.69, 9.17) is 4.74 Å². The highest BCUT2D eigenvalue weighted by Gasteiger charge is 2.35. The lowest BCUT2D eigenvalue weighted by Gasteiger charge is -2.10. The van der Waals surface area contributed by atoms with Gasteiger partial charge in [-0.1, -0.05) is 0 Å². The summed E-state index contributed by atoms with van der Waals surface area (Å²) in [5, 5.41) is 14.2. The normalized spacial score (nSPS) is 11.9. The number of aromatic hydroxyl groups is 1. The molecule has 1 N–H and O–H groups in total. The van der Waals surface area contributed by atoms with Gasteiger partial charge in [-0.2, -0.15) is 18.3 Å². The number of alkyl halides is 3. The molecule has 8 heteroatoms. The number of aryl methyl sites for hydroxylation is 2. The first-order valence-electron chi connectivity index (χ1n) is 7.01. The van der Waals surface area contributed by atoms with Crippen LogP contribution in [0.1, 0.15) is 11.3 Å². The van der Waals surface area contributed by atoms with Crippen LogP contribution in [0.3, 0.4) is 0 Å². The molecule has 0 radical (unpaired) electrons. The fourth-order valence-electron chi connectivity index (χ4n) is 2.59. The predicted molar refractivity (Wildman–Crippen MR) is 81.9 cm³/mol. The zero-order valence-electron chi connectivity index (χ0n) is 13.1. The van der Waals surface area contributed by atoms with E-state index >= 15 is 0 Å². The van der Waals surface area contributed by atoms with E-state index in [2.05, 4.69) is 10.1 Å². The minimum atomic E-state index is -4.55. The first-order valence-corrected chi connectivity index (χ1v) is 7.01. The van der Waals surface area contributed by atoms with Gasteiger partial charge in [0.1, 0.15) is 11.5 Å². The van der Waals surface area contributed by atoms with Crippen LogP contribution in [0.15, 0.2) is 24.3 Å². The number of ether oxygens (including phenoxy) is 1. The predicted octanol–water partition coefficient (Wildman–Crippen LogP) is 3.68. The van der Waals surface area contributed by atoms with Gasteiger partial charge in [0.15, 0.2) is 5.69 Å². The van der Waals surface area contributed by atoms with Crippen LogP contribution < -0.4 is 4.74 Å². The van der Waals surface area contributed by atoms with Crippen LogP contribution >= 0.6 is 0 Å². The van der Waals surface area contributed by atoms with E-state index in [-0.39, 0.29) is 17.1 Å². The van der Waals surface area contributed by atoms with E-state index in [0.717, 1.165) is 10.7 Å². The van der Waals surface area contributed by atoms with Crippen LogP contribution in [-0.2, 0) is 13.2 Å². The summed E-state index contributed by atoms with van der Waals surface area (Å²) in [5.41, 5.74) is 0.483. The highest BCUT2D eigenvalue weighted by molar-refractivity contribution is 5.91. The summed E-state index contributed by atoms with van der Waals surface area (Å²) < 4.78 is 44.8. The molecular formula is C16H14F3N3O2. The van der Waals surface area contributed by atoms with Crippen LogP contribution in [0.5, 0.6) is 11.5 Å². The number of benzene rings is 1. The second-order valence-electron chi connectivity index (χ2n) is 5.35. The molecule has 5 nitrogen and oxygen atoms in total. The SMILES string of the molecule is COc1ccc2c(O)cc(-c3cc(C(F)(F)F)nn3C)nc2c1C. The van der Waals surface area contributed by atoms with Crippen molar-refractivity contribution in [3.05, 3.63) is 35.5 Å². The summed E-state index contributed by atoms with van der Waals surface area (Å²) in [7, 11) is 2.90. The molecule has 0 amide bonds. The summed E-state index contributed by atoms with van der Waals surface area (Å²) >= 11 is 0. The van der Waals surface area contributed by atoms with Gasteiger partial charge in [0, 0.05) is 24.1 Å². The third-order valence-corrected chi connectivity index (χ3v) is 3.82. The Morgan fingerprint density at radius 3 is 2.50 bits per heavy atom. The molecule has 2 aromatic heterocycles. The van der Waals surface area contributed by atoms with Gasteiger partial charge in [-0.3, -0.25) is 4.68 Å². The van der Waals surface area contributed by atoms with Gasteiger partial charge in [0.05, 0.1) is 24.0 Å². The van der Waals surface area contributed by atoms with Crippen molar-refractivity contribution in [1.29, 1.82) is 0 Å². The van der Waals surface area contributed by atoms with Crippen molar-refractivity contribution in [3.8, 4) is 22.9 Å². The van der Waals surface area contributed by atoms with Gasteiger partial charge in [-0.15, -0.1) is 0 Å². The van der Waals surface area contributed by atoms with Crippen LogP contribution in [0, 0.1) is 6.92 Å². The molecule has 126 valence electrons. The highest BCUT2D eigenvalue weighted by Crippen LogP contribution is 2.36. The molecule has 1 aromatic carbocycles. The van der Waals surface area contributed by atoms with E-state index in [1.165, 1.54) is 20.2 Å². The molecule has 2 heterocycles. The van der Waals surface area contributed by atoms with E-state index in [0.29, 0.717) is 22.2 Å². The quantitative estimate of drug-likeness (QED) is 0.775. The van der Waals surface area contributed by atoms with Crippen molar-refractivity contribution < 1.29 is 23.0 Å². The molecule has 0 saturated carbocycles. The maximum absolute atomic E-state index is 12.8. The van der Waals surface area contributed by atoms with Gasteiger partial charge in [0.25, 0.3) is 0 Å². The highest BCUT2D eigenvalue weighted by atomic mass is 19.4. The standard InChI is InChI=1S/C16H14F3N3O2/c1-8-13(24-3)5-4-9-12(23)6-10(20-15(8)9)11-7-14(16(17,18)19)21-22(11)2/h4-7H,1-3H3,(H,20,23). The van der Waals surface area contributed by atoms with E-state index in [1.54, 1.807) is 19.1 Å². The summed E-state index contributed by atoms with van der Waals surface area (Å²) in [6.07, 6.45) is -4.55. The third kappa shape index (κ3) is 2.53. The maximum atomic E-state index is 12.8. The second kappa shape index (κ2) is 5.40. The van der Waals surface area contributed by atoms with E-state index < -0.39 is 11.9 Å². The molecule has 0 aliphatic carbocycles. The molecule has 0 spiro atoms. The molecule has 3 aromatic rings. The minimum absolute atomic E-state index is 0.0736. The summed E-state index contributed by atoms with van der Waals surface area (Å²) in [4.78, 5) is 4.40. The van der Waals surface area contributed by atoms with Crippen molar-refractivity contribution in [3.63, 3.8) is 0 Å². The summed E-state index contributed by atoms with van der Waals surface area (Å²) in [6.45, 7) is 1.77. The lowest BCUT2D eigenvalue weighted by Crippen LogP contribution is -2.06. The molecule has 3 rings (SSSR count). The van der Waals surface area contributed by atoms with Crippen LogP contribution in [0.25, 0.3) is 22.3 Å². The Balaban J connectivity index is 2.24. The molecule has 0 fully saturated rings. The van der Waals surface area contributed by atoms with Crippen molar-refractivity contribution in [2.45, 2.75) is 13.1 Å². The van der Waals surface area contributed by atoms with Gasteiger partial charge in [-0.25, -0.2) is 4.98 Å². The molecular weight excluding hydrogens is 323 g/mol. The number of fused-ring (bicyclic) bond motifs is 1. The summed E-state index contributed by atoms with van der Waals surface area (Å²) in [5.74, 6) is 0.503. The first-order chi connectivity index (χ1) is 11.2. The lowest BCUT2D eigenvalue weighted by atomic mass is 10.1. The number of aromatic nitrogens is 3. The zero-order valence-corrected chi connectivity index (χ0v) is 13.1. The van der Waals surface area contributed by atoms with Crippen LogP contribution in [-0.4, -0.2) is 27.0 Å². The number of rotatable bonds is 2. The Labute approximate surface area is 135 Å². The average Bonchev–Trinajstić information content (AvgIpc) is 2.90. The molecule has 24 heavy (non-hydrogen) atoms. The number of hydrogen-bond acceptors (Lipinski definition) is 4. The van der Waals surface area contributed by atoms with E-state index in [1.807, 2.05) is 0 Å². The van der Waals surface area contributed by atoms with Crippen molar-refractivity contribution in [2.24, 2.45) is 7.05 Å². The monoisotopic (exact) mass is 337 g/mol. The number of halogens is 3. The second-order valence-corrected chi connectivity index (χ2v) is 5.35. The topological polar surface area (TPSA) is 60.2 Å². The number of nitrogens with zero attached hydrogens (tertiary/aromatic N) is 3.